The van der Waals surface area contributed by atoms with Crippen LogP contribution in [0.25, 0.3) is 0 Å². The van der Waals surface area contributed by atoms with Crippen LogP contribution >= 0.6 is 11.3 Å². The first-order valence-corrected chi connectivity index (χ1v) is 5.84. The number of hydrogen-bond donors (Lipinski definition) is 2. The highest BCUT2D eigenvalue weighted by molar-refractivity contribution is 7.10. The molecule has 3 N–H and O–H groups in total. The zero-order valence-electron chi connectivity index (χ0n) is 8.27. The molecule has 1 fully saturated rings. The van der Waals surface area contributed by atoms with Gasteiger partial charge in [0.1, 0.15) is 0 Å². The molecule has 2 heterocycles. The first kappa shape index (κ1) is 10.1. The van der Waals surface area contributed by atoms with Crippen LogP contribution in [0.2, 0.25) is 0 Å². The van der Waals surface area contributed by atoms with Gasteiger partial charge >= 0.3 is 0 Å². The predicted molar refractivity (Wildman–Crippen MR) is 58.0 cm³/mol. The standard InChI is InChI=1S/C10H16N2OS/c1-7-4-5-8(13-7)10(12-11)9-3-2-6-14-9/h2-3,6-8,10,12H,4-5,11H2,1H3. The lowest BCUT2D eigenvalue weighted by molar-refractivity contribution is 0.0324. The molecule has 1 aliphatic rings. The Morgan fingerprint density at radius 1 is 1.64 bits per heavy atom. The van der Waals surface area contributed by atoms with Crippen LogP contribution in [0.3, 0.4) is 0 Å². The maximum absolute atomic E-state index is 5.80. The summed E-state index contributed by atoms with van der Waals surface area (Å²) in [4.78, 5) is 1.26. The van der Waals surface area contributed by atoms with Crippen LogP contribution < -0.4 is 11.3 Å². The van der Waals surface area contributed by atoms with E-state index < -0.39 is 0 Å². The second-order valence-electron chi connectivity index (χ2n) is 3.72. The summed E-state index contributed by atoms with van der Waals surface area (Å²) in [6.07, 6.45) is 2.83. The van der Waals surface area contributed by atoms with E-state index >= 15 is 0 Å². The van der Waals surface area contributed by atoms with Gasteiger partial charge in [0.25, 0.3) is 0 Å². The molecular formula is C10H16N2OS. The van der Waals surface area contributed by atoms with Gasteiger partial charge in [0, 0.05) is 4.88 Å². The number of nitrogens with one attached hydrogen (secondary N) is 1. The predicted octanol–water partition coefficient (Wildman–Crippen LogP) is 1.82. The van der Waals surface area contributed by atoms with Gasteiger partial charge in [0.15, 0.2) is 0 Å². The smallest absolute Gasteiger partial charge is 0.0814 e. The maximum atomic E-state index is 5.80. The van der Waals surface area contributed by atoms with Crippen molar-refractivity contribution in [1.82, 2.24) is 5.43 Å². The van der Waals surface area contributed by atoms with Crippen LogP contribution in [0.5, 0.6) is 0 Å². The van der Waals surface area contributed by atoms with E-state index in [1.54, 1.807) is 11.3 Å². The molecule has 0 bridgehead atoms. The van der Waals surface area contributed by atoms with Crippen molar-refractivity contribution in [3.63, 3.8) is 0 Å². The van der Waals surface area contributed by atoms with Crippen molar-refractivity contribution in [2.45, 2.75) is 38.0 Å². The van der Waals surface area contributed by atoms with Gasteiger partial charge in [0.2, 0.25) is 0 Å². The zero-order valence-corrected chi connectivity index (χ0v) is 9.09. The van der Waals surface area contributed by atoms with Crippen molar-refractivity contribution in [3.05, 3.63) is 22.4 Å². The Labute approximate surface area is 88.2 Å². The van der Waals surface area contributed by atoms with Crippen LogP contribution in [-0.2, 0) is 4.74 Å². The lowest BCUT2D eigenvalue weighted by Crippen LogP contribution is -2.36. The molecule has 1 aromatic rings. The average Bonchev–Trinajstić information content (AvgIpc) is 2.79. The minimum Gasteiger partial charge on any atom is -0.373 e. The Balaban J connectivity index is 2.07. The Kier molecular flexibility index (Phi) is 3.18. The molecule has 3 nitrogen and oxygen atoms in total. The number of nitrogens with two attached hydrogens (primary N) is 1. The molecule has 0 aromatic carbocycles. The summed E-state index contributed by atoms with van der Waals surface area (Å²) < 4.78 is 5.80. The molecule has 0 amide bonds. The molecule has 0 aliphatic carbocycles. The summed E-state index contributed by atoms with van der Waals surface area (Å²) in [6, 6.07) is 4.30. The van der Waals surface area contributed by atoms with Crippen molar-refractivity contribution in [2.24, 2.45) is 5.84 Å². The lowest BCUT2D eigenvalue weighted by atomic mass is 10.1. The summed E-state index contributed by atoms with van der Waals surface area (Å²) in [5.41, 5.74) is 2.85. The molecule has 78 valence electrons. The average molecular weight is 212 g/mol. The molecule has 2 rings (SSSR count). The second kappa shape index (κ2) is 4.40. The summed E-state index contributed by atoms with van der Waals surface area (Å²) in [5.74, 6) is 5.57. The number of hydrazine groups is 1. The van der Waals surface area contributed by atoms with E-state index in [-0.39, 0.29) is 12.1 Å². The number of rotatable bonds is 3. The molecule has 0 radical (unpaired) electrons. The van der Waals surface area contributed by atoms with Gasteiger partial charge in [-0.2, -0.15) is 0 Å². The molecule has 1 aliphatic heterocycles. The van der Waals surface area contributed by atoms with Crippen LogP contribution in [0.15, 0.2) is 17.5 Å². The highest BCUT2D eigenvalue weighted by Gasteiger charge is 2.30. The van der Waals surface area contributed by atoms with Gasteiger partial charge in [-0.3, -0.25) is 5.84 Å². The third kappa shape index (κ3) is 1.98. The molecule has 3 atom stereocenters. The van der Waals surface area contributed by atoms with Gasteiger partial charge < -0.3 is 4.74 Å². The van der Waals surface area contributed by atoms with Crippen molar-refractivity contribution < 1.29 is 4.74 Å². The molecule has 3 unspecified atom stereocenters. The van der Waals surface area contributed by atoms with Crippen molar-refractivity contribution >= 4 is 11.3 Å². The topological polar surface area (TPSA) is 47.3 Å². The van der Waals surface area contributed by atoms with E-state index in [1.807, 2.05) is 6.07 Å². The monoisotopic (exact) mass is 212 g/mol. The minimum atomic E-state index is 0.153. The minimum absolute atomic E-state index is 0.153. The Morgan fingerprint density at radius 3 is 3.00 bits per heavy atom. The molecule has 4 heteroatoms. The summed E-state index contributed by atoms with van der Waals surface area (Å²) >= 11 is 1.72. The van der Waals surface area contributed by atoms with Gasteiger partial charge in [-0.1, -0.05) is 6.07 Å². The molecular weight excluding hydrogens is 196 g/mol. The van der Waals surface area contributed by atoms with E-state index in [2.05, 4.69) is 23.8 Å². The highest BCUT2D eigenvalue weighted by atomic mass is 32.1. The summed E-state index contributed by atoms with van der Waals surface area (Å²) in [6.45, 7) is 2.11. The van der Waals surface area contributed by atoms with Crippen molar-refractivity contribution in [3.8, 4) is 0 Å². The quantitative estimate of drug-likeness (QED) is 0.593. The van der Waals surface area contributed by atoms with Crippen molar-refractivity contribution in [2.75, 3.05) is 0 Å². The fraction of sp³-hybridized carbons (Fsp3) is 0.600. The van der Waals surface area contributed by atoms with Crippen molar-refractivity contribution in [1.29, 1.82) is 0 Å². The van der Waals surface area contributed by atoms with Gasteiger partial charge in [-0.05, 0) is 31.2 Å². The first-order chi connectivity index (χ1) is 6.81. The Morgan fingerprint density at radius 2 is 2.50 bits per heavy atom. The van der Waals surface area contributed by atoms with E-state index in [1.165, 1.54) is 4.88 Å². The third-order valence-electron chi connectivity index (χ3n) is 2.67. The summed E-state index contributed by atoms with van der Waals surface area (Å²) in [7, 11) is 0. The number of thiophene rings is 1. The molecule has 14 heavy (non-hydrogen) atoms. The third-order valence-corrected chi connectivity index (χ3v) is 3.62. The zero-order chi connectivity index (χ0) is 9.97. The molecule has 1 saturated heterocycles. The number of ether oxygens (including phenoxy) is 1. The molecule has 1 aromatic heterocycles. The van der Waals surface area contributed by atoms with Crippen LogP contribution in [-0.4, -0.2) is 12.2 Å². The van der Waals surface area contributed by atoms with E-state index in [0.29, 0.717) is 6.10 Å². The Hall–Kier alpha value is -0.420. The van der Waals surface area contributed by atoms with Crippen LogP contribution in [0.1, 0.15) is 30.7 Å². The van der Waals surface area contributed by atoms with Gasteiger partial charge in [-0.25, -0.2) is 5.43 Å². The largest absolute Gasteiger partial charge is 0.373 e. The number of hydrogen-bond acceptors (Lipinski definition) is 4. The normalized spacial score (nSPS) is 29.3. The van der Waals surface area contributed by atoms with E-state index in [4.69, 9.17) is 10.6 Å². The van der Waals surface area contributed by atoms with E-state index in [9.17, 15) is 0 Å². The van der Waals surface area contributed by atoms with Crippen LogP contribution in [0.4, 0.5) is 0 Å². The molecule has 0 saturated carbocycles. The highest BCUT2D eigenvalue weighted by Crippen LogP contribution is 2.31. The SMILES string of the molecule is CC1CCC(C(NN)c2cccs2)O1. The lowest BCUT2D eigenvalue weighted by Gasteiger charge is -2.21. The Bertz CT molecular complexity index is 276. The molecule has 0 spiro atoms. The van der Waals surface area contributed by atoms with Crippen LogP contribution in [0, 0.1) is 0 Å². The van der Waals surface area contributed by atoms with E-state index in [0.717, 1.165) is 12.8 Å². The van der Waals surface area contributed by atoms with Gasteiger partial charge in [0.05, 0.1) is 18.2 Å². The maximum Gasteiger partial charge on any atom is 0.0814 e. The summed E-state index contributed by atoms with van der Waals surface area (Å²) in [5, 5.41) is 2.07. The first-order valence-electron chi connectivity index (χ1n) is 4.96. The fourth-order valence-corrected chi connectivity index (χ4v) is 2.76. The second-order valence-corrected chi connectivity index (χ2v) is 4.70. The van der Waals surface area contributed by atoms with Gasteiger partial charge in [-0.15, -0.1) is 11.3 Å². The fourth-order valence-electron chi connectivity index (χ4n) is 1.92.